The summed E-state index contributed by atoms with van der Waals surface area (Å²) >= 11 is 0. The molecule has 2 bridgehead atoms. The van der Waals surface area contributed by atoms with Crippen LogP contribution in [0.1, 0.15) is 12.0 Å². The molecule has 2 unspecified atom stereocenters. The minimum atomic E-state index is 0.364. The summed E-state index contributed by atoms with van der Waals surface area (Å²) in [5, 5.41) is 3.57. The highest BCUT2D eigenvalue weighted by Gasteiger charge is 2.26. The molecule has 2 atom stereocenters. The fraction of sp³-hybridized carbons (Fsp3) is 0.529. The molecule has 0 amide bonds. The Morgan fingerprint density at radius 3 is 2.76 bits per heavy atom. The first-order chi connectivity index (χ1) is 10.2. The molecule has 1 aromatic rings. The van der Waals surface area contributed by atoms with Crippen molar-refractivity contribution in [1.82, 2.24) is 10.2 Å². The Bertz CT molecular complexity index is 496. The second-order valence-corrected chi connectivity index (χ2v) is 6.08. The molecular weight excluding hydrogens is 264 g/mol. The lowest BCUT2D eigenvalue weighted by molar-refractivity contribution is 0.0561. The van der Waals surface area contributed by atoms with Gasteiger partial charge in [-0.15, -0.1) is 0 Å². The van der Waals surface area contributed by atoms with Crippen LogP contribution in [-0.4, -0.2) is 57.4 Å². The summed E-state index contributed by atoms with van der Waals surface area (Å²) in [6, 6.07) is 9.29. The third-order valence-corrected chi connectivity index (χ3v) is 3.97. The van der Waals surface area contributed by atoms with Crippen molar-refractivity contribution in [3.63, 3.8) is 0 Å². The number of ether oxygens (including phenoxy) is 2. The van der Waals surface area contributed by atoms with Crippen molar-refractivity contribution in [1.29, 1.82) is 0 Å². The summed E-state index contributed by atoms with van der Waals surface area (Å²) in [7, 11) is 4.10. The molecule has 0 saturated carbocycles. The highest BCUT2D eigenvalue weighted by atomic mass is 16.5. The Hall–Kier alpha value is -1.36. The smallest absolute Gasteiger partial charge is 0.119 e. The van der Waals surface area contributed by atoms with Gasteiger partial charge in [0.1, 0.15) is 12.4 Å². The molecule has 114 valence electrons. The molecule has 4 nitrogen and oxygen atoms in total. The molecule has 1 fully saturated rings. The molecule has 4 heteroatoms. The molecule has 1 aromatic carbocycles. The monoisotopic (exact) mass is 288 g/mol. The van der Waals surface area contributed by atoms with Gasteiger partial charge in [0.25, 0.3) is 0 Å². The molecule has 2 aliphatic rings. The lowest BCUT2D eigenvalue weighted by atomic mass is 9.92. The Labute approximate surface area is 126 Å². The summed E-state index contributed by atoms with van der Waals surface area (Å²) in [4.78, 5) is 2.12. The van der Waals surface area contributed by atoms with Crippen LogP contribution in [0.15, 0.2) is 30.3 Å². The molecule has 21 heavy (non-hydrogen) atoms. The van der Waals surface area contributed by atoms with E-state index in [0.717, 1.165) is 38.5 Å². The minimum Gasteiger partial charge on any atom is -0.492 e. The standard InChI is InChI=1S/C17H24N2O2/c1-19(2)7-8-21-17-5-3-13(4-6-17)14-9-15-11-20-12-16(10-14)18-15/h3-6,9,15-16,18H,7-8,10-12H2,1-2H3. The second kappa shape index (κ2) is 6.60. The van der Waals surface area contributed by atoms with E-state index in [-0.39, 0.29) is 0 Å². The number of hydrogen-bond donors (Lipinski definition) is 1. The summed E-state index contributed by atoms with van der Waals surface area (Å²) < 4.78 is 11.3. The van der Waals surface area contributed by atoms with E-state index in [0.29, 0.717) is 12.1 Å². The third kappa shape index (κ3) is 3.84. The molecule has 0 spiro atoms. The lowest BCUT2D eigenvalue weighted by Gasteiger charge is -2.35. The summed E-state index contributed by atoms with van der Waals surface area (Å²) in [5.74, 6) is 0.943. The van der Waals surface area contributed by atoms with Crippen molar-refractivity contribution in [2.45, 2.75) is 18.5 Å². The topological polar surface area (TPSA) is 33.7 Å². The van der Waals surface area contributed by atoms with Crippen LogP contribution >= 0.6 is 0 Å². The Morgan fingerprint density at radius 1 is 1.24 bits per heavy atom. The fourth-order valence-corrected chi connectivity index (χ4v) is 2.85. The van der Waals surface area contributed by atoms with E-state index >= 15 is 0 Å². The normalized spacial score (nSPS) is 24.8. The van der Waals surface area contributed by atoms with Gasteiger partial charge in [-0.05, 0) is 43.8 Å². The van der Waals surface area contributed by atoms with Crippen molar-refractivity contribution >= 4 is 5.57 Å². The van der Waals surface area contributed by atoms with Crippen LogP contribution in [0.25, 0.3) is 5.57 Å². The van der Waals surface area contributed by atoms with Crippen molar-refractivity contribution in [2.75, 3.05) is 40.5 Å². The largest absolute Gasteiger partial charge is 0.492 e. The van der Waals surface area contributed by atoms with E-state index in [4.69, 9.17) is 9.47 Å². The van der Waals surface area contributed by atoms with E-state index in [1.54, 1.807) is 0 Å². The molecule has 0 radical (unpaired) electrons. The first-order valence-electron chi connectivity index (χ1n) is 7.63. The average Bonchev–Trinajstić information content (AvgIpc) is 2.47. The third-order valence-electron chi connectivity index (χ3n) is 3.97. The Kier molecular flexibility index (Phi) is 4.58. The molecule has 3 rings (SSSR count). The van der Waals surface area contributed by atoms with Crippen molar-refractivity contribution in [2.24, 2.45) is 0 Å². The van der Waals surface area contributed by atoms with Crippen molar-refractivity contribution in [3.8, 4) is 5.75 Å². The van der Waals surface area contributed by atoms with E-state index in [1.807, 2.05) is 0 Å². The van der Waals surface area contributed by atoms with Gasteiger partial charge in [0, 0.05) is 18.6 Å². The van der Waals surface area contributed by atoms with Gasteiger partial charge in [-0.25, -0.2) is 0 Å². The predicted octanol–water partition coefficient (Wildman–Crippen LogP) is 1.77. The van der Waals surface area contributed by atoms with Crippen LogP contribution in [0, 0.1) is 0 Å². The maximum atomic E-state index is 5.74. The van der Waals surface area contributed by atoms with E-state index in [1.165, 1.54) is 11.1 Å². The number of rotatable bonds is 5. The first kappa shape index (κ1) is 14.6. The zero-order valence-electron chi connectivity index (χ0n) is 12.8. The Morgan fingerprint density at radius 2 is 2.05 bits per heavy atom. The van der Waals surface area contributed by atoms with Gasteiger partial charge in [-0.2, -0.15) is 0 Å². The number of hydrogen-bond acceptors (Lipinski definition) is 4. The molecule has 0 aliphatic carbocycles. The van der Waals surface area contributed by atoms with Crippen LogP contribution in [0.5, 0.6) is 5.75 Å². The summed E-state index contributed by atoms with van der Waals surface area (Å²) in [5.41, 5.74) is 2.72. The molecule has 0 aromatic heterocycles. The molecule has 2 heterocycles. The fourth-order valence-electron chi connectivity index (χ4n) is 2.85. The average molecular weight is 288 g/mol. The summed E-state index contributed by atoms with van der Waals surface area (Å²) in [6.07, 6.45) is 3.34. The number of benzene rings is 1. The van der Waals surface area contributed by atoms with Gasteiger partial charge < -0.3 is 19.7 Å². The highest BCUT2D eigenvalue weighted by Crippen LogP contribution is 2.27. The van der Waals surface area contributed by atoms with Crippen LogP contribution in [-0.2, 0) is 4.74 Å². The van der Waals surface area contributed by atoms with Gasteiger partial charge in [0.05, 0.1) is 13.2 Å². The van der Waals surface area contributed by atoms with E-state index in [9.17, 15) is 0 Å². The van der Waals surface area contributed by atoms with Crippen LogP contribution < -0.4 is 10.1 Å². The second-order valence-electron chi connectivity index (χ2n) is 6.08. The van der Waals surface area contributed by atoms with Crippen molar-refractivity contribution in [3.05, 3.63) is 35.9 Å². The maximum absolute atomic E-state index is 5.74. The van der Waals surface area contributed by atoms with Crippen LogP contribution in [0.4, 0.5) is 0 Å². The number of likely N-dealkylation sites (N-methyl/N-ethyl adjacent to an activating group) is 1. The molecule has 2 aliphatic heterocycles. The summed E-state index contributed by atoms with van der Waals surface area (Å²) in [6.45, 7) is 3.26. The van der Waals surface area contributed by atoms with Gasteiger partial charge >= 0.3 is 0 Å². The van der Waals surface area contributed by atoms with Crippen LogP contribution in [0.2, 0.25) is 0 Å². The van der Waals surface area contributed by atoms with Crippen molar-refractivity contribution < 1.29 is 9.47 Å². The SMILES string of the molecule is CN(C)CCOc1ccc(C2=CC3COCC(C2)N3)cc1. The maximum Gasteiger partial charge on any atom is 0.119 e. The number of morpholine rings is 1. The number of fused-ring (bicyclic) bond motifs is 2. The van der Waals surface area contributed by atoms with Gasteiger partial charge in [0.2, 0.25) is 0 Å². The predicted molar refractivity (Wildman–Crippen MR) is 84.6 cm³/mol. The van der Waals surface area contributed by atoms with Crippen LogP contribution in [0.3, 0.4) is 0 Å². The van der Waals surface area contributed by atoms with Gasteiger partial charge in [0.15, 0.2) is 0 Å². The number of nitrogens with zero attached hydrogens (tertiary/aromatic N) is 1. The Balaban J connectivity index is 1.63. The quantitative estimate of drug-likeness (QED) is 0.895. The lowest BCUT2D eigenvalue weighted by Crippen LogP contribution is -2.50. The minimum absolute atomic E-state index is 0.364. The zero-order chi connectivity index (χ0) is 14.7. The first-order valence-corrected chi connectivity index (χ1v) is 7.63. The van der Waals surface area contributed by atoms with Gasteiger partial charge in [-0.3, -0.25) is 0 Å². The van der Waals surface area contributed by atoms with E-state index < -0.39 is 0 Å². The molecule has 1 N–H and O–H groups in total. The van der Waals surface area contributed by atoms with Gasteiger partial charge in [-0.1, -0.05) is 18.2 Å². The highest BCUT2D eigenvalue weighted by molar-refractivity contribution is 5.68. The molecule has 1 saturated heterocycles. The number of nitrogens with one attached hydrogen (secondary N) is 1. The zero-order valence-corrected chi connectivity index (χ0v) is 12.8. The molecular formula is C17H24N2O2. The van der Waals surface area contributed by atoms with E-state index in [2.05, 4.69) is 54.7 Å².